The van der Waals surface area contributed by atoms with E-state index in [0.717, 1.165) is 37.9 Å². The number of carbonyl (C=O) groups is 1. The van der Waals surface area contributed by atoms with Crippen LogP contribution in [0, 0.1) is 18.8 Å². The number of quaternary nitrogens is 1. The van der Waals surface area contributed by atoms with Crippen LogP contribution in [0.1, 0.15) is 80.9 Å². The van der Waals surface area contributed by atoms with Crippen LogP contribution < -0.4 is 5.32 Å². The van der Waals surface area contributed by atoms with Gasteiger partial charge in [0, 0.05) is 30.3 Å². The van der Waals surface area contributed by atoms with Crippen molar-refractivity contribution in [3.05, 3.63) is 29.1 Å². The molecule has 5 nitrogen and oxygen atoms in total. The summed E-state index contributed by atoms with van der Waals surface area (Å²) in [5.41, 5.74) is 4.90. The van der Waals surface area contributed by atoms with Gasteiger partial charge >= 0.3 is 0 Å². The van der Waals surface area contributed by atoms with Crippen LogP contribution in [0.3, 0.4) is 0 Å². The highest BCUT2D eigenvalue weighted by Gasteiger charge is 2.55. The highest BCUT2D eigenvalue weighted by Crippen LogP contribution is 2.52. The van der Waals surface area contributed by atoms with Crippen LogP contribution in [0.2, 0.25) is 0 Å². The Morgan fingerprint density at radius 3 is 2.69 bits per heavy atom. The van der Waals surface area contributed by atoms with E-state index in [1.165, 1.54) is 35.1 Å². The van der Waals surface area contributed by atoms with Crippen molar-refractivity contribution in [2.24, 2.45) is 11.8 Å². The van der Waals surface area contributed by atoms with Crippen molar-refractivity contribution >= 4 is 17.3 Å². The molecule has 3 atom stereocenters. The van der Waals surface area contributed by atoms with Gasteiger partial charge in [0.15, 0.2) is 0 Å². The largest absolute Gasteiger partial charge is 0.390 e. The SMILES string of the molecule is Cc1cnc2c(c1C1CC1)C(C(C)CC(=O)N1C3CC4CC1CC(O)(C4)C3)=C[NH2+]2. The average Bonchev–Trinajstić information content (AvgIpc) is 3.37. The van der Waals surface area contributed by atoms with E-state index < -0.39 is 5.60 Å². The standard InChI is InChI=1S/C24H31N3O2/c1-13(19-12-26-23-22(19)21(16-3-4-16)14(2)11-25-23)5-20(28)27-17-6-15-7-18(27)10-24(29,8-15)9-17/h11-13,15-18,29H,3-10H2,1-2H3,(H,25,26)/p+1. The first kappa shape index (κ1) is 18.1. The fourth-order valence-corrected chi connectivity index (χ4v) is 7.10. The van der Waals surface area contributed by atoms with Crippen LogP contribution in [0.25, 0.3) is 5.57 Å². The number of hydrogen-bond acceptors (Lipinski definition) is 3. The Morgan fingerprint density at radius 1 is 1.31 bits per heavy atom. The van der Waals surface area contributed by atoms with Crippen molar-refractivity contribution < 1.29 is 15.2 Å². The summed E-state index contributed by atoms with van der Waals surface area (Å²) in [6, 6.07) is 0.515. The van der Waals surface area contributed by atoms with Crippen molar-refractivity contribution in [2.75, 3.05) is 0 Å². The first-order valence-corrected chi connectivity index (χ1v) is 11.5. The quantitative estimate of drug-likeness (QED) is 0.825. The molecule has 5 fully saturated rings. The van der Waals surface area contributed by atoms with E-state index in [0.29, 0.717) is 18.3 Å². The Hall–Kier alpha value is -1.72. The van der Waals surface area contributed by atoms with Gasteiger partial charge in [0.2, 0.25) is 11.7 Å². The second-order valence-electron chi connectivity index (χ2n) is 10.6. The molecule has 29 heavy (non-hydrogen) atoms. The molecule has 7 rings (SSSR count). The van der Waals surface area contributed by atoms with Crippen LogP contribution in [0.4, 0.5) is 5.82 Å². The third-order valence-electron chi connectivity index (χ3n) is 8.24. The minimum absolute atomic E-state index is 0.196. The zero-order chi connectivity index (χ0) is 19.9. The van der Waals surface area contributed by atoms with E-state index in [9.17, 15) is 9.90 Å². The number of hydrogen-bond donors (Lipinski definition) is 2. The molecule has 0 spiro atoms. The second-order valence-corrected chi connectivity index (χ2v) is 10.6. The molecule has 3 saturated carbocycles. The Balaban J connectivity index is 1.23. The van der Waals surface area contributed by atoms with Crippen LogP contribution in [-0.4, -0.2) is 38.6 Å². The molecule has 154 valence electrons. The molecular formula is C24H32N3O2+. The fraction of sp³-hybridized carbons (Fsp3) is 0.667. The van der Waals surface area contributed by atoms with Gasteiger partial charge in [-0.05, 0) is 80.8 Å². The van der Waals surface area contributed by atoms with Gasteiger partial charge in [0.05, 0.1) is 11.2 Å². The molecule has 1 amide bonds. The summed E-state index contributed by atoms with van der Waals surface area (Å²) in [6.45, 7) is 4.38. The predicted octanol–water partition coefficient (Wildman–Crippen LogP) is 2.75. The van der Waals surface area contributed by atoms with Crippen molar-refractivity contribution in [1.29, 1.82) is 0 Å². The number of aryl methyl sites for hydroxylation is 1. The molecule has 3 N–H and O–H groups in total. The molecule has 2 saturated heterocycles. The summed E-state index contributed by atoms with van der Waals surface area (Å²) in [7, 11) is 0. The molecule has 3 aliphatic heterocycles. The van der Waals surface area contributed by atoms with Crippen LogP contribution in [-0.2, 0) is 4.79 Å². The topological polar surface area (TPSA) is 70.0 Å². The highest BCUT2D eigenvalue weighted by molar-refractivity contribution is 5.84. The number of nitrogens with zero attached hydrogens (tertiary/aromatic N) is 2. The van der Waals surface area contributed by atoms with Gasteiger partial charge in [-0.25, -0.2) is 4.98 Å². The summed E-state index contributed by atoms with van der Waals surface area (Å²) in [4.78, 5) is 20.3. The number of aliphatic hydroxyl groups is 1. The Bertz CT molecular complexity index is 903. The molecule has 0 radical (unpaired) electrons. The number of carbonyl (C=O) groups excluding carboxylic acids is 1. The lowest BCUT2D eigenvalue weighted by molar-refractivity contribution is -0.496. The van der Waals surface area contributed by atoms with Gasteiger partial charge < -0.3 is 10.0 Å². The maximum atomic E-state index is 13.4. The maximum Gasteiger partial charge on any atom is 0.237 e. The Kier molecular flexibility index (Phi) is 3.83. The van der Waals surface area contributed by atoms with Gasteiger partial charge in [0.25, 0.3) is 0 Å². The number of amides is 1. The number of pyridine rings is 1. The van der Waals surface area contributed by atoms with Gasteiger partial charge in [-0.2, -0.15) is 0 Å². The Labute approximate surface area is 172 Å². The molecule has 1 aromatic rings. The lowest BCUT2D eigenvalue weighted by Gasteiger charge is -2.59. The van der Waals surface area contributed by atoms with Gasteiger partial charge in [0.1, 0.15) is 6.20 Å². The monoisotopic (exact) mass is 394 g/mol. The van der Waals surface area contributed by atoms with Gasteiger partial charge in [-0.1, -0.05) is 6.92 Å². The molecular weight excluding hydrogens is 362 g/mol. The minimum atomic E-state index is -0.497. The van der Waals surface area contributed by atoms with Crippen molar-refractivity contribution in [3.8, 4) is 0 Å². The molecule has 1 aromatic heterocycles. The molecule has 3 unspecified atom stereocenters. The summed E-state index contributed by atoms with van der Waals surface area (Å²) >= 11 is 0. The summed E-state index contributed by atoms with van der Waals surface area (Å²) in [5.74, 6) is 2.87. The first-order valence-electron chi connectivity index (χ1n) is 11.5. The Morgan fingerprint density at radius 2 is 2.03 bits per heavy atom. The molecule has 4 heterocycles. The number of aromatic nitrogens is 1. The van der Waals surface area contributed by atoms with E-state index in [1.54, 1.807) is 0 Å². The summed E-state index contributed by atoms with van der Waals surface area (Å²) < 4.78 is 0. The second kappa shape index (κ2) is 6.14. The molecule has 0 aromatic carbocycles. The van der Waals surface area contributed by atoms with E-state index in [-0.39, 0.29) is 23.9 Å². The van der Waals surface area contributed by atoms with E-state index >= 15 is 0 Å². The number of nitrogens with two attached hydrogens (primary N) is 1. The normalized spacial score (nSPS) is 35.6. The molecule has 6 aliphatic rings. The third kappa shape index (κ3) is 2.81. The minimum Gasteiger partial charge on any atom is -0.390 e. The number of rotatable bonds is 4. The lowest BCUT2D eigenvalue weighted by Crippen LogP contribution is -2.70. The number of fused-ring (bicyclic) bond motifs is 1. The zero-order valence-electron chi connectivity index (χ0n) is 17.5. The van der Waals surface area contributed by atoms with Crippen LogP contribution in [0.15, 0.2) is 12.4 Å². The molecule has 3 aliphatic carbocycles. The van der Waals surface area contributed by atoms with Gasteiger partial charge in [-0.15, -0.1) is 0 Å². The van der Waals surface area contributed by atoms with Crippen molar-refractivity contribution in [2.45, 2.75) is 88.8 Å². The third-order valence-corrected chi connectivity index (χ3v) is 8.24. The van der Waals surface area contributed by atoms with Crippen LogP contribution >= 0.6 is 0 Å². The summed E-state index contributed by atoms with van der Waals surface area (Å²) in [6.07, 6.45) is 12.0. The van der Waals surface area contributed by atoms with Crippen LogP contribution in [0.5, 0.6) is 0 Å². The van der Waals surface area contributed by atoms with Gasteiger partial charge in [-0.3, -0.25) is 10.1 Å². The molecule has 4 bridgehead atoms. The van der Waals surface area contributed by atoms with E-state index in [2.05, 4.69) is 35.2 Å². The smallest absolute Gasteiger partial charge is 0.237 e. The van der Waals surface area contributed by atoms with E-state index in [1.807, 2.05) is 6.20 Å². The van der Waals surface area contributed by atoms with Crippen molar-refractivity contribution in [1.82, 2.24) is 9.88 Å². The summed E-state index contributed by atoms with van der Waals surface area (Å²) in [5, 5.41) is 13.0. The lowest BCUT2D eigenvalue weighted by atomic mass is 9.61. The number of piperidine rings is 2. The predicted molar refractivity (Wildman–Crippen MR) is 110 cm³/mol. The molecule has 5 heteroatoms. The highest BCUT2D eigenvalue weighted by atomic mass is 16.3. The zero-order valence-corrected chi connectivity index (χ0v) is 17.5. The first-order chi connectivity index (χ1) is 13.9. The number of allylic oxidation sites excluding steroid dienone is 1. The fourth-order valence-electron chi connectivity index (χ4n) is 7.10. The van der Waals surface area contributed by atoms with E-state index in [4.69, 9.17) is 0 Å². The average molecular weight is 395 g/mol. The van der Waals surface area contributed by atoms with Crippen molar-refractivity contribution in [3.63, 3.8) is 0 Å². The maximum absolute atomic E-state index is 13.4.